The molecule has 6 rings (SSSR count). The number of aromatic carboxylic acids is 1. The fraction of sp³-hybridized carbons (Fsp3) is 0.300. The quantitative estimate of drug-likeness (QED) is 0.370. The van der Waals surface area contributed by atoms with Crippen LogP contribution in [0.25, 0.3) is 28.4 Å². The molecular formula is C20H19N9O4. The molecule has 0 aliphatic heterocycles. The maximum absolute atomic E-state index is 13.4. The molecule has 13 nitrogen and oxygen atoms in total. The third-order valence-electron chi connectivity index (χ3n) is 5.77. The Balaban J connectivity index is 1.49. The summed E-state index contributed by atoms with van der Waals surface area (Å²) in [6, 6.07) is 3.48. The number of nitrogens with zero attached hydrogens (tertiary/aromatic N) is 8. The summed E-state index contributed by atoms with van der Waals surface area (Å²) in [6.07, 6.45) is 6.35. The Kier molecular flexibility index (Phi) is 4.12. The van der Waals surface area contributed by atoms with E-state index < -0.39 is 5.97 Å². The number of nitrogen functional groups attached to an aromatic ring is 1. The maximum Gasteiger partial charge on any atom is 0.338 e. The van der Waals surface area contributed by atoms with Gasteiger partial charge in [0.05, 0.1) is 24.6 Å². The largest absolute Gasteiger partial charge is 0.478 e. The number of carboxylic acids is 1. The van der Waals surface area contributed by atoms with E-state index in [2.05, 4.69) is 20.2 Å². The summed E-state index contributed by atoms with van der Waals surface area (Å²) >= 11 is 0. The molecule has 5 aromatic rings. The topological polar surface area (TPSA) is 164 Å². The number of carboxylic acid groups (broad SMARTS) is 1. The smallest absolute Gasteiger partial charge is 0.338 e. The second-order valence-electron chi connectivity index (χ2n) is 8.08. The first-order valence-corrected chi connectivity index (χ1v) is 10.4. The number of aryl methyl sites for hydroxylation is 2. The lowest BCUT2D eigenvalue weighted by molar-refractivity contribution is 0.0696. The number of hydrogen-bond donors (Lipinski definition) is 2. The summed E-state index contributed by atoms with van der Waals surface area (Å²) < 4.78 is 11.5. The van der Waals surface area contributed by atoms with E-state index in [0.717, 1.165) is 12.8 Å². The number of carbonyl (C=O) groups is 1. The van der Waals surface area contributed by atoms with Crippen molar-refractivity contribution < 1.29 is 14.3 Å². The van der Waals surface area contributed by atoms with Gasteiger partial charge in [-0.1, -0.05) is 0 Å². The standard InChI is InChI=1S/C20H19N9O4/c21-19-24-16-14(17-23-15(25-29(17)19)13-2-1-7-33-13)28(9-11-3-4-11)20(32)27(16)6-5-26-10-12(8-22-26)18(30)31/h1-2,7-8,10-11H,3-6,9H2,(H2,21,24)(H,30,31). The zero-order chi connectivity index (χ0) is 22.7. The molecule has 0 spiro atoms. The number of rotatable bonds is 7. The molecular weight excluding hydrogens is 430 g/mol. The molecule has 0 saturated heterocycles. The first-order valence-electron chi connectivity index (χ1n) is 10.4. The molecule has 0 atom stereocenters. The summed E-state index contributed by atoms with van der Waals surface area (Å²) in [6.45, 7) is 1.07. The Morgan fingerprint density at radius 3 is 2.76 bits per heavy atom. The minimum absolute atomic E-state index is 0.0801. The van der Waals surface area contributed by atoms with Crippen LogP contribution in [0.5, 0.6) is 0 Å². The van der Waals surface area contributed by atoms with Crippen LogP contribution in [0.1, 0.15) is 23.2 Å². The predicted molar refractivity (Wildman–Crippen MR) is 115 cm³/mol. The number of anilines is 1. The van der Waals surface area contributed by atoms with Crippen molar-refractivity contribution in [3.63, 3.8) is 0 Å². The third kappa shape index (κ3) is 3.16. The zero-order valence-corrected chi connectivity index (χ0v) is 17.3. The number of furan rings is 1. The number of imidazole rings is 1. The van der Waals surface area contributed by atoms with Crippen LogP contribution in [-0.2, 0) is 19.6 Å². The fourth-order valence-corrected chi connectivity index (χ4v) is 3.93. The molecule has 1 saturated carbocycles. The molecule has 0 unspecified atom stereocenters. The van der Waals surface area contributed by atoms with Crippen molar-refractivity contribution in [1.29, 1.82) is 0 Å². The van der Waals surface area contributed by atoms with E-state index in [0.29, 0.717) is 40.9 Å². The fourth-order valence-electron chi connectivity index (χ4n) is 3.93. The van der Waals surface area contributed by atoms with Crippen LogP contribution in [0.15, 0.2) is 40.0 Å². The average Bonchev–Trinajstić information content (AvgIpc) is 3.22. The Morgan fingerprint density at radius 1 is 1.21 bits per heavy atom. The summed E-state index contributed by atoms with van der Waals surface area (Å²) in [5, 5.41) is 17.6. The Bertz CT molecular complexity index is 1570. The molecule has 1 aliphatic carbocycles. The molecule has 33 heavy (non-hydrogen) atoms. The molecule has 5 heterocycles. The highest BCUT2D eigenvalue weighted by atomic mass is 16.4. The summed E-state index contributed by atoms with van der Waals surface area (Å²) in [4.78, 5) is 33.6. The minimum Gasteiger partial charge on any atom is -0.478 e. The van der Waals surface area contributed by atoms with Gasteiger partial charge in [0.2, 0.25) is 11.8 Å². The second kappa shape index (κ2) is 7.05. The number of aromatic nitrogens is 8. The van der Waals surface area contributed by atoms with Crippen molar-refractivity contribution in [2.45, 2.75) is 32.5 Å². The predicted octanol–water partition coefficient (Wildman–Crippen LogP) is 1.09. The summed E-state index contributed by atoms with van der Waals surface area (Å²) in [5.74, 6) is 0.283. The van der Waals surface area contributed by atoms with Gasteiger partial charge in [-0.05, 0) is 30.9 Å². The lowest BCUT2D eigenvalue weighted by atomic mass is 10.4. The van der Waals surface area contributed by atoms with E-state index in [1.54, 1.807) is 16.7 Å². The maximum atomic E-state index is 13.4. The number of hydrogen-bond acceptors (Lipinski definition) is 8. The van der Waals surface area contributed by atoms with Crippen molar-refractivity contribution in [2.24, 2.45) is 5.92 Å². The zero-order valence-electron chi connectivity index (χ0n) is 17.3. The van der Waals surface area contributed by atoms with E-state index in [1.165, 1.54) is 32.4 Å². The van der Waals surface area contributed by atoms with Crippen LogP contribution in [0.2, 0.25) is 0 Å². The molecule has 1 fully saturated rings. The number of fused-ring (bicyclic) bond motifs is 3. The normalized spacial score (nSPS) is 13.9. The average molecular weight is 449 g/mol. The van der Waals surface area contributed by atoms with E-state index >= 15 is 0 Å². The Labute approximate surface area is 184 Å². The van der Waals surface area contributed by atoms with Crippen LogP contribution in [0.3, 0.4) is 0 Å². The van der Waals surface area contributed by atoms with Gasteiger partial charge in [-0.3, -0.25) is 13.8 Å². The van der Waals surface area contributed by atoms with Gasteiger partial charge in [-0.2, -0.15) is 14.6 Å². The van der Waals surface area contributed by atoms with Crippen molar-refractivity contribution in [3.05, 3.63) is 46.8 Å². The minimum atomic E-state index is -1.06. The van der Waals surface area contributed by atoms with E-state index in [9.17, 15) is 9.59 Å². The van der Waals surface area contributed by atoms with Gasteiger partial charge in [-0.15, -0.1) is 5.10 Å². The summed E-state index contributed by atoms with van der Waals surface area (Å²) in [7, 11) is 0. The van der Waals surface area contributed by atoms with Crippen molar-refractivity contribution in [2.75, 3.05) is 5.73 Å². The molecule has 1 aliphatic rings. The van der Waals surface area contributed by atoms with Gasteiger partial charge in [0.15, 0.2) is 17.1 Å². The van der Waals surface area contributed by atoms with Crippen molar-refractivity contribution in [1.82, 2.24) is 38.5 Å². The van der Waals surface area contributed by atoms with Crippen LogP contribution in [0, 0.1) is 5.92 Å². The van der Waals surface area contributed by atoms with Gasteiger partial charge < -0.3 is 15.3 Å². The van der Waals surface area contributed by atoms with E-state index in [-0.39, 0.29) is 30.3 Å². The van der Waals surface area contributed by atoms with Gasteiger partial charge in [0.1, 0.15) is 5.52 Å². The van der Waals surface area contributed by atoms with Crippen LogP contribution >= 0.6 is 0 Å². The van der Waals surface area contributed by atoms with Gasteiger partial charge in [-0.25, -0.2) is 14.6 Å². The third-order valence-corrected chi connectivity index (χ3v) is 5.77. The van der Waals surface area contributed by atoms with Gasteiger partial charge >= 0.3 is 11.7 Å². The van der Waals surface area contributed by atoms with Crippen LogP contribution in [-0.4, -0.2) is 49.6 Å². The molecule has 0 amide bonds. The molecule has 0 radical (unpaired) electrons. The number of nitrogens with two attached hydrogens (primary N) is 1. The van der Waals surface area contributed by atoms with Gasteiger partial charge in [0.25, 0.3) is 0 Å². The molecule has 0 bridgehead atoms. The SMILES string of the molecule is Nc1nc2c(c3nc(-c4ccco4)nn13)n(CC1CC1)c(=O)n2CCn1cc(C(=O)O)cn1. The lowest BCUT2D eigenvalue weighted by Crippen LogP contribution is -2.26. The first-order chi connectivity index (χ1) is 16.0. The highest BCUT2D eigenvalue weighted by Gasteiger charge is 2.28. The Hall–Kier alpha value is -4.42. The lowest BCUT2D eigenvalue weighted by Gasteiger charge is -2.04. The molecule has 168 valence electrons. The van der Waals surface area contributed by atoms with Crippen LogP contribution in [0.4, 0.5) is 5.95 Å². The molecule has 5 aromatic heterocycles. The molecule has 13 heteroatoms. The second-order valence-corrected chi connectivity index (χ2v) is 8.08. The summed E-state index contributed by atoms with van der Waals surface area (Å²) in [5.41, 5.74) is 7.41. The highest BCUT2D eigenvalue weighted by molar-refractivity contribution is 5.88. The first kappa shape index (κ1) is 19.3. The molecule has 0 aromatic carbocycles. The van der Waals surface area contributed by atoms with E-state index in [1.807, 2.05) is 0 Å². The Morgan fingerprint density at radius 2 is 2.06 bits per heavy atom. The van der Waals surface area contributed by atoms with Crippen LogP contribution < -0.4 is 11.4 Å². The van der Waals surface area contributed by atoms with E-state index in [4.69, 9.17) is 15.3 Å². The van der Waals surface area contributed by atoms with Crippen molar-refractivity contribution in [3.8, 4) is 11.6 Å². The van der Waals surface area contributed by atoms with Gasteiger partial charge in [0, 0.05) is 19.3 Å². The highest BCUT2D eigenvalue weighted by Crippen LogP contribution is 2.32. The molecule has 3 N–H and O–H groups in total. The van der Waals surface area contributed by atoms with Crippen molar-refractivity contribution >= 4 is 28.7 Å². The monoisotopic (exact) mass is 449 g/mol.